The number of hydrogen-bond donors (Lipinski definition) is 0. The van der Waals surface area contributed by atoms with E-state index in [1.807, 2.05) is 0 Å². The van der Waals surface area contributed by atoms with Crippen LogP contribution in [-0.4, -0.2) is 79.9 Å². The molecule has 0 aliphatic carbocycles. The summed E-state index contributed by atoms with van der Waals surface area (Å²) in [6.45, 7) is 6.19. The third kappa shape index (κ3) is 6.59. The Balaban J connectivity index is 5.68. The molecule has 0 bridgehead atoms. The van der Waals surface area contributed by atoms with Gasteiger partial charge in [-0.3, -0.25) is 0 Å². The molecule has 2 atom stereocenters. The lowest BCUT2D eigenvalue weighted by molar-refractivity contribution is 0.136. The molecule has 0 N–H and O–H groups in total. The largest absolute Gasteiger partial charge is 0.412 e. The van der Waals surface area contributed by atoms with E-state index in [1.165, 1.54) is 0 Å². The van der Waals surface area contributed by atoms with Gasteiger partial charge in [-0.2, -0.15) is 0 Å². The molecule has 24 heavy (non-hydrogen) atoms. The first-order valence-corrected chi connectivity index (χ1v) is 15.1. The molecule has 0 aliphatic rings. The molecule has 0 aromatic carbocycles. The van der Waals surface area contributed by atoms with Gasteiger partial charge in [0.05, 0.1) is 18.7 Å². The van der Waals surface area contributed by atoms with Gasteiger partial charge >= 0.3 is 25.7 Å². The molecule has 0 rings (SSSR count). The summed E-state index contributed by atoms with van der Waals surface area (Å²) in [4.78, 5) is 0. The molecule has 2 unspecified atom stereocenters. The average Bonchev–Trinajstić information content (AvgIpc) is 2.61. The molecule has 0 aliphatic heterocycles. The summed E-state index contributed by atoms with van der Waals surface area (Å²) >= 11 is 0. The molecule has 0 saturated carbocycles. The van der Waals surface area contributed by atoms with Crippen molar-refractivity contribution in [3.63, 3.8) is 0 Å². The van der Waals surface area contributed by atoms with Crippen LogP contribution in [0.5, 0.6) is 0 Å². The zero-order valence-electron chi connectivity index (χ0n) is 16.6. The molecule has 0 amide bonds. The lowest BCUT2D eigenvalue weighted by Gasteiger charge is -2.43. The smallest absolute Gasteiger partial charge is 0.355 e. The van der Waals surface area contributed by atoms with Gasteiger partial charge in [-0.15, -0.1) is 0 Å². The van der Waals surface area contributed by atoms with Crippen LogP contribution < -0.4 is 0 Å². The number of rotatable bonds is 15. The molecular weight excluding hydrogens is 364 g/mol. The van der Waals surface area contributed by atoms with Gasteiger partial charge in [-0.05, 0) is 18.1 Å². The van der Waals surface area contributed by atoms with Gasteiger partial charge < -0.3 is 31.3 Å². The fourth-order valence-electron chi connectivity index (χ4n) is 2.56. The van der Waals surface area contributed by atoms with Crippen molar-refractivity contribution < 1.29 is 31.3 Å². The molecule has 0 saturated heterocycles. The summed E-state index contributed by atoms with van der Waals surface area (Å²) in [6.07, 6.45) is 1.34. The van der Waals surface area contributed by atoms with Crippen molar-refractivity contribution in [2.45, 2.75) is 38.9 Å². The van der Waals surface area contributed by atoms with Crippen molar-refractivity contribution in [3.8, 4) is 0 Å². The lowest BCUT2D eigenvalue weighted by atomic mass is 11.0. The minimum Gasteiger partial charge on any atom is -0.412 e. The SMILES string of the molecule is CC[Si](COC)(OC)O[Si](CC)(COC)O[Si](CC)(COC)OC. The highest BCUT2D eigenvalue weighted by molar-refractivity contribution is 6.86. The molecule has 0 radical (unpaired) electrons. The summed E-state index contributed by atoms with van der Waals surface area (Å²) in [5.41, 5.74) is 0. The highest BCUT2D eigenvalue weighted by Crippen LogP contribution is 2.28. The Morgan fingerprint density at radius 3 is 1.00 bits per heavy atom. The Labute approximate surface area is 150 Å². The van der Waals surface area contributed by atoms with Crippen LogP contribution in [0.15, 0.2) is 0 Å². The Hall–Kier alpha value is 0.371. The predicted molar refractivity (Wildman–Crippen MR) is 101 cm³/mol. The molecule has 7 nitrogen and oxygen atoms in total. The van der Waals surface area contributed by atoms with Gasteiger partial charge in [0.1, 0.15) is 0 Å². The van der Waals surface area contributed by atoms with E-state index in [1.54, 1.807) is 35.5 Å². The Morgan fingerprint density at radius 2 is 0.792 bits per heavy atom. The van der Waals surface area contributed by atoms with Crippen molar-refractivity contribution in [2.24, 2.45) is 0 Å². The first kappa shape index (κ1) is 24.4. The molecule has 0 fully saturated rings. The van der Waals surface area contributed by atoms with Gasteiger partial charge in [0.15, 0.2) is 0 Å². The third-order valence-corrected chi connectivity index (χ3v) is 17.1. The maximum Gasteiger partial charge on any atom is 0.355 e. The summed E-state index contributed by atoms with van der Waals surface area (Å²) in [7, 11) is 0.612. The first-order valence-electron chi connectivity index (χ1n) is 8.37. The second-order valence-electron chi connectivity index (χ2n) is 5.70. The van der Waals surface area contributed by atoms with E-state index in [2.05, 4.69) is 20.8 Å². The van der Waals surface area contributed by atoms with E-state index in [4.69, 9.17) is 31.3 Å². The van der Waals surface area contributed by atoms with Crippen LogP contribution in [0.4, 0.5) is 0 Å². The quantitative estimate of drug-likeness (QED) is 0.391. The fraction of sp³-hybridized carbons (Fsp3) is 1.00. The van der Waals surface area contributed by atoms with Crippen molar-refractivity contribution in [3.05, 3.63) is 0 Å². The minimum absolute atomic E-state index is 0.424. The number of ether oxygens (including phenoxy) is 3. The normalized spacial score (nSPS) is 19.5. The third-order valence-electron chi connectivity index (χ3n) is 4.20. The maximum atomic E-state index is 6.64. The number of hydrogen-bond acceptors (Lipinski definition) is 7. The minimum atomic E-state index is -2.71. The highest BCUT2D eigenvalue weighted by atomic mass is 28.5. The van der Waals surface area contributed by atoms with Crippen LogP contribution in [0.1, 0.15) is 20.8 Å². The maximum absolute atomic E-state index is 6.64. The van der Waals surface area contributed by atoms with E-state index in [0.717, 1.165) is 18.1 Å². The molecular formula is C14H36O7Si3. The van der Waals surface area contributed by atoms with Gasteiger partial charge in [0.25, 0.3) is 0 Å². The predicted octanol–water partition coefficient (Wildman–Crippen LogP) is 2.26. The summed E-state index contributed by atoms with van der Waals surface area (Å²) in [5.74, 6) is 0. The molecule has 0 aromatic heterocycles. The molecule has 0 spiro atoms. The van der Waals surface area contributed by atoms with E-state index in [0.29, 0.717) is 18.7 Å². The standard InChI is InChI=1S/C14H36O7Si3/c1-9-22(18-7,12-15-4)20-24(11-3,14-17-6)21-23(10-2,19-8)13-16-5/h9-14H2,1-8H3. The summed E-state index contributed by atoms with van der Waals surface area (Å²) < 4.78 is 41.1. The Kier molecular flexibility index (Phi) is 12.1. The average molecular weight is 401 g/mol. The van der Waals surface area contributed by atoms with Crippen LogP contribution in [0.25, 0.3) is 0 Å². The molecule has 146 valence electrons. The van der Waals surface area contributed by atoms with E-state index in [-0.39, 0.29) is 0 Å². The van der Waals surface area contributed by atoms with Crippen LogP contribution in [0, 0.1) is 0 Å². The molecule has 0 heterocycles. The van der Waals surface area contributed by atoms with Crippen LogP contribution in [-0.2, 0) is 31.3 Å². The highest BCUT2D eigenvalue weighted by Gasteiger charge is 2.52. The summed E-state index contributed by atoms with van der Waals surface area (Å²) in [6, 6.07) is 2.29. The van der Waals surface area contributed by atoms with Gasteiger partial charge in [-0.1, -0.05) is 20.8 Å². The zero-order chi connectivity index (χ0) is 18.7. The topological polar surface area (TPSA) is 64.6 Å². The molecule has 10 heteroatoms. The number of methoxy groups -OCH3 is 3. The first-order chi connectivity index (χ1) is 11.4. The monoisotopic (exact) mass is 400 g/mol. The summed E-state index contributed by atoms with van der Waals surface area (Å²) in [5, 5.41) is 0. The Bertz CT molecular complexity index is 301. The second kappa shape index (κ2) is 11.9. The van der Waals surface area contributed by atoms with Gasteiger partial charge in [-0.25, -0.2) is 0 Å². The molecule has 0 aromatic rings. The van der Waals surface area contributed by atoms with Crippen molar-refractivity contribution in [1.29, 1.82) is 0 Å². The van der Waals surface area contributed by atoms with Crippen LogP contribution in [0.3, 0.4) is 0 Å². The lowest BCUT2D eigenvalue weighted by Crippen LogP contribution is -2.65. The van der Waals surface area contributed by atoms with Crippen LogP contribution in [0.2, 0.25) is 18.1 Å². The van der Waals surface area contributed by atoms with Crippen molar-refractivity contribution >= 4 is 25.7 Å². The van der Waals surface area contributed by atoms with E-state index >= 15 is 0 Å². The van der Waals surface area contributed by atoms with Crippen molar-refractivity contribution in [1.82, 2.24) is 0 Å². The second-order valence-corrected chi connectivity index (χ2v) is 16.6. The van der Waals surface area contributed by atoms with Crippen LogP contribution >= 0.6 is 0 Å². The van der Waals surface area contributed by atoms with Crippen molar-refractivity contribution in [2.75, 3.05) is 54.2 Å². The van der Waals surface area contributed by atoms with Gasteiger partial charge in [0.2, 0.25) is 0 Å². The van der Waals surface area contributed by atoms with Gasteiger partial charge in [0, 0.05) is 35.5 Å². The van der Waals surface area contributed by atoms with E-state index in [9.17, 15) is 0 Å². The van der Waals surface area contributed by atoms with E-state index < -0.39 is 25.7 Å². The zero-order valence-corrected chi connectivity index (χ0v) is 19.6. The fourth-order valence-corrected chi connectivity index (χ4v) is 15.2. The Morgan fingerprint density at radius 1 is 0.500 bits per heavy atom.